The van der Waals surface area contributed by atoms with Crippen molar-refractivity contribution in [2.24, 2.45) is 29.1 Å². The van der Waals surface area contributed by atoms with Crippen LogP contribution in [0.2, 0.25) is 0 Å². The summed E-state index contributed by atoms with van der Waals surface area (Å²) in [5.74, 6) is 2.87. The van der Waals surface area contributed by atoms with Gasteiger partial charge in [-0.15, -0.1) is 0 Å². The number of sulfonamides is 1. The molecule has 164 valence electrons. The van der Waals surface area contributed by atoms with Gasteiger partial charge >= 0.3 is 0 Å². The summed E-state index contributed by atoms with van der Waals surface area (Å²) in [6.07, 6.45) is 9.26. The van der Waals surface area contributed by atoms with Crippen LogP contribution >= 0.6 is 0 Å². The smallest absolute Gasteiger partial charge is 0.240 e. The Morgan fingerprint density at radius 1 is 1.07 bits per heavy atom. The Hall–Kier alpha value is -1.40. The van der Waals surface area contributed by atoms with Crippen LogP contribution in [0.3, 0.4) is 0 Å². The largest absolute Gasteiger partial charge is 0.342 e. The SMILES string of the molecule is Cc1ccc(S(=O)(=O)NCC2CCCN(C(=O)C34CC5CC(CC(C5)C3)C4)C2)cc1. The number of carbonyl (C=O) groups excluding carboxylic acids is 1. The number of likely N-dealkylation sites (tertiary alicyclic amines) is 1. The Balaban J connectivity index is 1.22. The first-order chi connectivity index (χ1) is 14.3. The fourth-order valence-electron chi connectivity index (χ4n) is 7.15. The van der Waals surface area contributed by atoms with E-state index in [-0.39, 0.29) is 11.3 Å². The molecule has 0 radical (unpaired) electrons. The van der Waals surface area contributed by atoms with Gasteiger partial charge in [-0.2, -0.15) is 0 Å². The zero-order valence-corrected chi connectivity index (χ0v) is 18.8. The van der Waals surface area contributed by atoms with E-state index >= 15 is 0 Å². The van der Waals surface area contributed by atoms with Gasteiger partial charge in [0.2, 0.25) is 15.9 Å². The number of hydrogen-bond acceptors (Lipinski definition) is 3. The lowest BCUT2D eigenvalue weighted by Gasteiger charge is -2.57. The van der Waals surface area contributed by atoms with Crippen LogP contribution in [0.25, 0.3) is 0 Å². The highest BCUT2D eigenvalue weighted by atomic mass is 32.2. The van der Waals surface area contributed by atoms with E-state index in [0.717, 1.165) is 62.0 Å². The fourth-order valence-corrected chi connectivity index (χ4v) is 8.27. The first-order valence-corrected chi connectivity index (χ1v) is 13.2. The Bertz CT molecular complexity index is 874. The van der Waals surface area contributed by atoms with Gasteiger partial charge in [-0.1, -0.05) is 17.7 Å². The second-order valence-corrected chi connectivity index (χ2v) is 12.4. The third kappa shape index (κ3) is 3.81. The topological polar surface area (TPSA) is 66.5 Å². The molecular weight excluding hydrogens is 396 g/mol. The van der Waals surface area contributed by atoms with Crippen LogP contribution in [0.15, 0.2) is 29.2 Å². The number of piperidine rings is 1. The van der Waals surface area contributed by atoms with E-state index in [4.69, 9.17) is 0 Å². The molecule has 4 bridgehead atoms. The Kier molecular flexibility index (Phi) is 5.21. The molecule has 6 heteroatoms. The Morgan fingerprint density at radius 2 is 1.67 bits per heavy atom. The molecule has 1 amide bonds. The molecular formula is C24H34N2O3S. The number of nitrogens with one attached hydrogen (secondary N) is 1. The molecule has 4 aliphatic carbocycles. The highest BCUT2D eigenvalue weighted by molar-refractivity contribution is 7.89. The van der Waals surface area contributed by atoms with E-state index in [1.165, 1.54) is 19.3 Å². The summed E-state index contributed by atoms with van der Waals surface area (Å²) in [5.41, 5.74) is 0.943. The lowest BCUT2D eigenvalue weighted by Crippen LogP contribution is -2.56. The molecule has 5 nitrogen and oxygen atoms in total. The summed E-state index contributed by atoms with van der Waals surface area (Å²) < 4.78 is 28.1. The molecule has 5 aliphatic rings. The van der Waals surface area contributed by atoms with E-state index in [0.29, 0.717) is 23.9 Å². The third-order valence-electron chi connectivity index (χ3n) is 8.19. The predicted molar refractivity (Wildman–Crippen MR) is 116 cm³/mol. The summed E-state index contributed by atoms with van der Waals surface area (Å²) in [5, 5.41) is 0. The van der Waals surface area contributed by atoms with Crippen LogP contribution in [0, 0.1) is 36.0 Å². The van der Waals surface area contributed by atoms with Crippen LogP contribution in [0.1, 0.15) is 56.9 Å². The van der Waals surface area contributed by atoms with Gasteiger partial charge in [0.25, 0.3) is 0 Å². The lowest BCUT2D eigenvalue weighted by atomic mass is 9.49. The maximum Gasteiger partial charge on any atom is 0.240 e. The van der Waals surface area contributed by atoms with Crippen LogP contribution < -0.4 is 4.72 Å². The average Bonchev–Trinajstić information content (AvgIpc) is 2.71. The number of aryl methyl sites for hydroxylation is 1. The van der Waals surface area contributed by atoms with Crippen molar-refractivity contribution in [2.75, 3.05) is 19.6 Å². The molecule has 5 fully saturated rings. The van der Waals surface area contributed by atoms with Crippen molar-refractivity contribution < 1.29 is 13.2 Å². The Labute approximate surface area is 180 Å². The zero-order valence-electron chi connectivity index (χ0n) is 18.0. The summed E-state index contributed by atoms with van der Waals surface area (Å²) in [4.78, 5) is 16.0. The van der Waals surface area contributed by atoms with Gasteiger partial charge in [-0.05, 0) is 94.1 Å². The molecule has 0 spiro atoms. The fraction of sp³-hybridized carbons (Fsp3) is 0.708. The van der Waals surface area contributed by atoms with Crippen molar-refractivity contribution >= 4 is 15.9 Å². The molecule has 4 saturated carbocycles. The summed E-state index contributed by atoms with van der Waals surface area (Å²) in [6, 6.07) is 6.95. The number of amides is 1. The summed E-state index contributed by atoms with van der Waals surface area (Å²) in [7, 11) is -3.50. The highest BCUT2D eigenvalue weighted by Crippen LogP contribution is 2.60. The van der Waals surface area contributed by atoms with E-state index in [1.807, 2.05) is 19.1 Å². The van der Waals surface area contributed by atoms with Gasteiger partial charge < -0.3 is 4.90 Å². The van der Waals surface area contributed by atoms with Gasteiger partial charge in [0.05, 0.1) is 10.3 Å². The molecule has 1 unspecified atom stereocenters. The third-order valence-corrected chi connectivity index (χ3v) is 9.63. The van der Waals surface area contributed by atoms with Crippen molar-refractivity contribution in [2.45, 2.75) is 63.2 Å². The number of nitrogens with zero attached hydrogens (tertiary/aromatic N) is 1. The van der Waals surface area contributed by atoms with Gasteiger partial charge in [-0.3, -0.25) is 4.79 Å². The highest BCUT2D eigenvalue weighted by Gasteiger charge is 2.55. The van der Waals surface area contributed by atoms with Gasteiger partial charge in [0.15, 0.2) is 0 Å². The quantitative estimate of drug-likeness (QED) is 0.774. The standard InChI is InChI=1S/C24H34N2O3S/c1-17-4-6-22(7-5-17)30(28,29)25-15-18-3-2-8-26(16-18)23(27)24-12-19-9-20(13-24)11-21(10-19)14-24/h4-7,18-21,25H,2-3,8-16H2,1H3. The molecule has 1 atom stereocenters. The van der Waals surface area contributed by atoms with Crippen LogP contribution in [0.5, 0.6) is 0 Å². The first-order valence-electron chi connectivity index (χ1n) is 11.7. The number of benzene rings is 1. The van der Waals surface area contributed by atoms with E-state index in [2.05, 4.69) is 9.62 Å². The number of carbonyl (C=O) groups is 1. The van der Waals surface area contributed by atoms with Crippen molar-refractivity contribution in [1.29, 1.82) is 0 Å². The van der Waals surface area contributed by atoms with Crippen molar-refractivity contribution in [3.05, 3.63) is 29.8 Å². The van der Waals surface area contributed by atoms with Crippen molar-refractivity contribution in [1.82, 2.24) is 9.62 Å². The molecule has 1 aromatic carbocycles. The normalized spacial score (nSPS) is 35.6. The summed E-state index contributed by atoms with van der Waals surface area (Å²) >= 11 is 0. The van der Waals surface area contributed by atoms with Gasteiger partial charge in [0.1, 0.15) is 0 Å². The van der Waals surface area contributed by atoms with E-state index in [9.17, 15) is 13.2 Å². The Morgan fingerprint density at radius 3 is 2.27 bits per heavy atom. The molecule has 1 heterocycles. The second-order valence-electron chi connectivity index (χ2n) is 10.6. The van der Waals surface area contributed by atoms with E-state index < -0.39 is 10.0 Å². The predicted octanol–water partition coefficient (Wildman–Crippen LogP) is 3.73. The van der Waals surface area contributed by atoms with Crippen LogP contribution in [-0.4, -0.2) is 38.9 Å². The maximum absolute atomic E-state index is 13.6. The van der Waals surface area contributed by atoms with E-state index in [1.54, 1.807) is 12.1 Å². The second kappa shape index (κ2) is 7.63. The van der Waals surface area contributed by atoms with Crippen LogP contribution in [0.4, 0.5) is 0 Å². The molecule has 1 aromatic rings. The number of rotatable bonds is 5. The molecule has 0 aromatic heterocycles. The molecule has 30 heavy (non-hydrogen) atoms. The molecule has 1 N–H and O–H groups in total. The molecule has 1 saturated heterocycles. The average molecular weight is 431 g/mol. The zero-order chi connectivity index (χ0) is 20.9. The molecule has 6 rings (SSSR count). The van der Waals surface area contributed by atoms with Gasteiger partial charge in [0, 0.05) is 19.6 Å². The van der Waals surface area contributed by atoms with Crippen LogP contribution in [-0.2, 0) is 14.8 Å². The van der Waals surface area contributed by atoms with Crippen molar-refractivity contribution in [3.8, 4) is 0 Å². The lowest BCUT2D eigenvalue weighted by molar-refractivity contribution is -0.159. The van der Waals surface area contributed by atoms with Crippen molar-refractivity contribution in [3.63, 3.8) is 0 Å². The van der Waals surface area contributed by atoms with Gasteiger partial charge in [-0.25, -0.2) is 13.1 Å². The minimum atomic E-state index is -3.50. The first kappa shape index (κ1) is 20.5. The maximum atomic E-state index is 13.6. The number of hydrogen-bond donors (Lipinski definition) is 1. The molecule has 1 aliphatic heterocycles. The monoisotopic (exact) mass is 430 g/mol. The minimum absolute atomic E-state index is 0.0992. The minimum Gasteiger partial charge on any atom is -0.342 e. The summed E-state index contributed by atoms with van der Waals surface area (Å²) in [6.45, 7) is 3.88.